The van der Waals surface area contributed by atoms with Crippen LogP contribution < -0.4 is 4.31 Å². The maximum atomic E-state index is 13.1. The average molecular weight is 356 g/mol. The van der Waals surface area contributed by atoms with Crippen molar-refractivity contribution in [1.29, 1.82) is 5.26 Å². The molecule has 23 heavy (non-hydrogen) atoms. The highest BCUT2D eigenvalue weighted by atomic mass is 32.2. The minimum Gasteiger partial charge on any atom is -0.229 e. The number of benzene rings is 2. The number of nitriles is 1. The summed E-state index contributed by atoms with van der Waals surface area (Å²) in [6.45, 7) is 0. The van der Waals surface area contributed by atoms with E-state index < -0.39 is 15.5 Å². The standard InChI is InChI=1S/C14H7F3N2O2S2/c15-14(16,17)23(20,21)19-10-3-1-2-4-12(10)22-13-6-5-9(8-18)7-11(13)19/h1-7H. The molecule has 3 rings (SSSR count). The van der Waals surface area contributed by atoms with Gasteiger partial charge in [-0.05, 0) is 30.3 Å². The molecular formula is C14H7F3N2O2S2. The number of halogens is 3. The van der Waals surface area contributed by atoms with Gasteiger partial charge in [0.15, 0.2) is 0 Å². The largest absolute Gasteiger partial charge is 0.517 e. The van der Waals surface area contributed by atoms with Gasteiger partial charge in [-0.1, -0.05) is 23.9 Å². The van der Waals surface area contributed by atoms with Crippen LogP contribution in [0.15, 0.2) is 52.3 Å². The zero-order valence-corrected chi connectivity index (χ0v) is 12.8. The van der Waals surface area contributed by atoms with Crippen LogP contribution in [0.2, 0.25) is 0 Å². The normalized spacial score (nSPS) is 13.9. The summed E-state index contributed by atoms with van der Waals surface area (Å²) >= 11 is 1.15. The summed E-state index contributed by atoms with van der Waals surface area (Å²) < 4.78 is 63.6. The number of nitrogens with zero attached hydrogens (tertiary/aromatic N) is 2. The lowest BCUT2D eigenvalue weighted by molar-refractivity contribution is -0.0435. The maximum Gasteiger partial charge on any atom is 0.517 e. The zero-order chi connectivity index (χ0) is 16.8. The number of rotatable bonds is 1. The van der Waals surface area contributed by atoms with E-state index in [-0.39, 0.29) is 21.2 Å². The van der Waals surface area contributed by atoms with E-state index in [1.54, 1.807) is 18.2 Å². The van der Waals surface area contributed by atoms with Crippen molar-refractivity contribution in [3.63, 3.8) is 0 Å². The lowest BCUT2D eigenvalue weighted by Crippen LogP contribution is -2.39. The number of sulfonamides is 1. The number of hydrogen-bond donors (Lipinski definition) is 0. The molecule has 0 aliphatic carbocycles. The van der Waals surface area contributed by atoms with Crippen LogP contribution in [0.25, 0.3) is 0 Å². The Balaban J connectivity index is 2.33. The van der Waals surface area contributed by atoms with Gasteiger partial charge in [-0.25, -0.2) is 4.31 Å². The van der Waals surface area contributed by atoms with Gasteiger partial charge in [-0.2, -0.15) is 26.9 Å². The number of para-hydroxylation sites is 1. The Morgan fingerprint density at radius 1 is 1.04 bits per heavy atom. The smallest absolute Gasteiger partial charge is 0.229 e. The van der Waals surface area contributed by atoms with Gasteiger partial charge in [0.25, 0.3) is 0 Å². The van der Waals surface area contributed by atoms with Crippen molar-refractivity contribution in [1.82, 2.24) is 0 Å². The van der Waals surface area contributed by atoms with E-state index in [2.05, 4.69) is 0 Å². The summed E-state index contributed by atoms with van der Waals surface area (Å²) in [6, 6.07) is 11.7. The highest BCUT2D eigenvalue weighted by molar-refractivity contribution is 8.00. The zero-order valence-electron chi connectivity index (χ0n) is 11.2. The molecule has 0 amide bonds. The summed E-state index contributed by atoms with van der Waals surface area (Å²) in [5.74, 6) is 0. The van der Waals surface area contributed by atoms with Gasteiger partial charge in [-0.3, -0.25) is 0 Å². The Hall–Kier alpha value is -2.18. The summed E-state index contributed by atoms with van der Waals surface area (Å²) in [6.07, 6.45) is 0. The Kier molecular flexibility index (Phi) is 3.54. The second-order valence-electron chi connectivity index (χ2n) is 4.58. The van der Waals surface area contributed by atoms with Crippen LogP contribution in [0.3, 0.4) is 0 Å². The third-order valence-electron chi connectivity index (χ3n) is 3.14. The van der Waals surface area contributed by atoms with E-state index in [4.69, 9.17) is 5.26 Å². The fourth-order valence-electron chi connectivity index (χ4n) is 2.15. The maximum absolute atomic E-state index is 13.1. The van der Waals surface area contributed by atoms with E-state index in [0.29, 0.717) is 9.79 Å². The number of alkyl halides is 3. The number of fused-ring (bicyclic) bond motifs is 2. The van der Waals surface area contributed by atoms with E-state index in [1.165, 1.54) is 24.3 Å². The van der Waals surface area contributed by atoms with Gasteiger partial charge >= 0.3 is 15.5 Å². The lowest BCUT2D eigenvalue weighted by atomic mass is 10.2. The highest BCUT2D eigenvalue weighted by Gasteiger charge is 2.52. The highest BCUT2D eigenvalue weighted by Crippen LogP contribution is 2.51. The molecule has 0 saturated heterocycles. The molecule has 0 atom stereocenters. The SMILES string of the molecule is N#Cc1ccc2c(c1)N(S(=O)(=O)C(F)(F)F)c1ccccc1S2. The fraction of sp³-hybridized carbons (Fsp3) is 0.0714. The molecule has 0 saturated carbocycles. The van der Waals surface area contributed by atoms with Gasteiger partial charge in [-0.15, -0.1) is 0 Å². The van der Waals surface area contributed by atoms with Crippen molar-refractivity contribution in [3.8, 4) is 6.07 Å². The van der Waals surface area contributed by atoms with E-state index in [0.717, 1.165) is 17.8 Å². The second kappa shape index (κ2) is 5.18. The van der Waals surface area contributed by atoms with Gasteiger partial charge in [0.1, 0.15) is 0 Å². The van der Waals surface area contributed by atoms with Crippen LogP contribution in [-0.2, 0) is 10.0 Å². The predicted octanol–water partition coefficient (Wildman–Crippen LogP) is 4.01. The van der Waals surface area contributed by atoms with Crippen molar-refractivity contribution in [2.24, 2.45) is 0 Å². The molecule has 1 aliphatic heterocycles. The average Bonchev–Trinajstić information content (AvgIpc) is 2.50. The fourth-order valence-corrected chi connectivity index (χ4v) is 4.34. The van der Waals surface area contributed by atoms with Gasteiger partial charge in [0.05, 0.1) is 23.0 Å². The molecule has 0 spiro atoms. The third-order valence-corrected chi connectivity index (χ3v) is 5.73. The molecule has 2 aromatic carbocycles. The molecule has 0 fully saturated rings. The van der Waals surface area contributed by atoms with Crippen molar-refractivity contribution in [2.45, 2.75) is 15.3 Å². The minimum absolute atomic E-state index is 0.0751. The topological polar surface area (TPSA) is 61.2 Å². The minimum atomic E-state index is -5.64. The molecule has 0 N–H and O–H groups in total. The summed E-state index contributed by atoms with van der Waals surface area (Å²) in [5.41, 5.74) is -5.64. The molecule has 2 aromatic rings. The summed E-state index contributed by atoms with van der Waals surface area (Å²) in [7, 11) is -5.64. The Morgan fingerprint density at radius 2 is 1.70 bits per heavy atom. The summed E-state index contributed by atoms with van der Waals surface area (Å²) in [4.78, 5) is 0.716. The molecule has 0 aromatic heterocycles. The van der Waals surface area contributed by atoms with E-state index in [9.17, 15) is 21.6 Å². The predicted molar refractivity (Wildman–Crippen MR) is 78.8 cm³/mol. The van der Waals surface area contributed by atoms with E-state index in [1.807, 2.05) is 0 Å². The molecule has 1 aliphatic rings. The first kappa shape index (κ1) is 15.7. The first-order chi connectivity index (χ1) is 10.8. The van der Waals surface area contributed by atoms with Crippen LogP contribution in [0.5, 0.6) is 0 Å². The molecule has 4 nitrogen and oxygen atoms in total. The van der Waals surface area contributed by atoms with Gasteiger partial charge < -0.3 is 0 Å². The van der Waals surface area contributed by atoms with Crippen LogP contribution in [0.1, 0.15) is 5.56 Å². The summed E-state index contributed by atoms with van der Waals surface area (Å²) in [5, 5.41) is 8.94. The first-order valence-electron chi connectivity index (χ1n) is 6.18. The Morgan fingerprint density at radius 3 is 2.35 bits per heavy atom. The molecule has 0 unspecified atom stereocenters. The first-order valence-corrected chi connectivity index (χ1v) is 8.44. The van der Waals surface area contributed by atoms with Gasteiger partial charge in [0, 0.05) is 9.79 Å². The van der Waals surface area contributed by atoms with Crippen LogP contribution in [0.4, 0.5) is 24.5 Å². The number of anilines is 2. The monoisotopic (exact) mass is 356 g/mol. The lowest BCUT2D eigenvalue weighted by Gasteiger charge is -2.32. The van der Waals surface area contributed by atoms with Crippen LogP contribution in [-0.4, -0.2) is 13.9 Å². The molecule has 118 valence electrons. The quantitative estimate of drug-likeness (QED) is 0.775. The Labute approximate surface area is 134 Å². The van der Waals surface area contributed by atoms with Crippen molar-refractivity contribution in [3.05, 3.63) is 48.0 Å². The van der Waals surface area contributed by atoms with Gasteiger partial charge in [0.2, 0.25) is 0 Å². The molecule has 0 bridgehead atoms. The van der Waals surface area contributed by atoms with Crippen molar-refractivity contribution >= 4 is 33.2 Å². The third kappa shape index (κ3) is 2.44. The number of hydrogen-bond acceptors (Lipinski definition) is 4. The van der Waals surface area contributed by atoms with E-state index >= 15 is 0 Å². The van der Waals surface area contributed by atoms with Crippen molar-refractivity contribution < 1.29 is 21.6 Å². The molecular weight excluding hydrogens is 349 g/mol. The molecule has 1 heterocycles. The Bertz CT molecular complexity index is 934. The molecule has 0 radical (unpaired) electrons. The van der Waals surface area contributed by atoms with Crippen LogP contribution in [0, 0.1) is 11.3 Å². The van der Waals surface area contributed by atoms with Crippen LogP contribution >= 0.6 is 11.8 Å². The molecule has 9 heteroatoms. The second-order valence-corrected chi connectivity index (χ2v) is 7.44. The van der Waals surface area contributed by atoms with Crippen molar-refractivity contribution in [2.75, 3.05) is 4.31 Å².